The molecule has 0 radical (unpaired) electrons. The maximum Gasteiger partial charge on any atom is 0.513 e. The van der Waals surface area contributed by atoms with E-state index in [-0.39, 0.29) is 61.4 Å². The van der Waals surface area contributed by atoms with Crippen LogP contribution in [0.1, 0.15) is 48.0 Å². The molecule has 0 saturated carbocycles. The first-order valence-corrected chi connectivity index (χ1v) is 15.9. The number of ether oxygens (including phenoxy) is 8. The molecule has 1 unspecified atom stereocenters. The first kappa shape index (κ1) is 39.3. The summed E-state index contributed by atoms with van der Waals surface area (Å²) in [5.74, 6) is -2.01. The fourth-order valence-electron chi connectivity index (χ4n) is 4.09. The van der Waals surface area contributed by atoms with Crippen LogP contribution in [0.4, 0.5) is 9.59 Å². The zero-order valence-electron chi connectivity index (χ0n) is 28.0. The minimum atomic E-state index is -0.923. The number of hydrogen-bond acceptors (Lipinski definition) is 14. The van der Waals surface area contributed by atoms with Gasteiger partial charge in [0.25, 0.3) is 0 Å². The summed E-state index contributed by atoms with van der Waals surface area (Å²) in [6.07, 6.45) is 7.06. The molecule has 0 spiro atoms. The summed E-state index contributed by atoms with van der Waals surface area (Å²) in [6.45, 7) is 8.79. The first-order chi connectivity index (χ1) is 24.6. The normalized spacial score (nSPS) is 13.0. The highest BCUT2D eigenvalue weighted by molar-refractivity contribution is 5.91. The third-order valence-electron chi connectivity index (χ3n) is 6.77. The highest BCUT2D eigenvalue weighted by Crippen LogP contribution is 2.27. The summed E-state index contributed by atoms with van der Waals surface area (Å²) < 4.78 is 40.8. The molecule has 270 valence electrons. The molecule has 0 saturated heterocycles. The number of carbonyl (C=O) groups excluding carboxylic acids is 6. The van der Waals surface area contributed by atoms with Crippen molar-refractivity contribution in [1.82, 2.24) is 0 Å². The summed E-state index contributed by atoms with van der Waals surface area (Å²) in [6, 6.07) is 10.2. The van der Waals surface area contributed by atoms with Crippen molar-refractivity contribution in [2.75, 3.05) is 26.4 Å². The Hall–Kier alpha value is -6.18. The van der Waals surface area contributed by atoms with Crippen LogP contribution in [0.3, 0.4) is 0 Å². The summed E-state index contributed by atoms with van der Waals surface area (Å²) in [7, 11) is 0. The summed E-state index contributed by atoms with van der Waals surface area (Å²) in [5.41, 5.74) is 0.721. The Morgan fingerprint density at radius 1 is 0.686 bits per heavy atom. The first-order valence-electron chi connectivity index (χ1n) is 15.9. The maximum atomic E-state index is 12.7. The second-order valence-electron chi connectivity index (χ2n) is 10.6. The standard InChI is InChI=1S/C37H38O14/c1-4-32(38)44-20-6-8-22-46-36(42)49-28-14-10-26(11-15-28)34(40)48-30-18-19-31(25(3)24-30)51-35(41)27-12-16-29(17-13-27)50-37(43)47-23-9-7-21-45-33(39)5-2/h4-5,10,12-19,24,26H,1-2,6-9,11,20-23H2,3H3. The van der Waals surface area contributed by atoms with Gasteiger partial charge in [0.1, 0.15) is 23.0 Å². The molecule has 0 aliphatic heterocycles. The molecule has 1 aliphatic carbocycles. The van der Waals surface area contributed by atoms with Gasteiger partial charge in [-0.05, 0) is 99.2 Å². The summed E-state index contributed by atoms with van der Waals surface area (Å²) >= 11 is 0. The lowest BCUT2D eigenvalue weighted by Crippen LogP contribution is -2.20. The Kier molecular flexibility index (Phi) is 16.2. The number of esters is 4. The Bertz CT molecular complexity index is 1640. The highest BCUT2D eigenvalue weighted by atomic mass is 16.7. The number of allylic oxidation sites excluding steroid dienone is 2. The molecule has 1 aliphatic rings. The summed E-state index contributed by atoms with van der Waals surface area (Å²) in [5, 5.41) is 0. The third-order valence-corrected chi connectivity index (χ3v) is 6.77. The van der Waals surface area contributed by atoms with E-state index < -0.39 is 42.1 Å². The molecule has 14 heteroatoms. The number of carbonyl (C=O) groups is 6. The van der Waals surface area contributed by atoms with Crippen LogP contribution in [-0.2, 0) is 38.1 Å². The fraction of sp³-hybridized carbons (Fsp3) is 0.297. The van der Waals surface area contributed by atoms with Gasteiger partial charge in [0, 0.05) is 12.2 Å². The Balaban J connectivity index is 1.37. The van der Waals surface area contributed by atoms with Crippen LogP contribution in [0.2, 0.25) is 0 Å². The predicted octanol–water partition coefficient (Wildman–Crippen LogP) is 6.27. The highest BCUT2D eigenvalue weighted by Gasteiger charge is 2.22. The van der Waals surface area contributed by atoms with Crippen LogP contribution >= 0.6 is 0 Å². The van der Waals surface area contributed by atoms with E-state index in [1.54, 1.807) is 25.1 Å². The van der Waals surface area contributed by atoms with Gasteiger partial charge in [0.2, 0.25) is 0 Å². The number of benzene rings is 2. The molecular formula is C37H38O14. The van der Waals surface area contributed by atoms with Crippen LogP contribution in [-0.4, -0.2) is 62.6 Å². The molecule has 1 atom stereocenters. The average molecular weight is 707 g/mol. The molecule has 0 heterocycles. The van der Waals surface area contributed by atoms with Crippen molar-refractivity contribution in [3.8, 4) is 17.2 Å². The Labute approximate surface area is 294 Å². The quantitative estimate of drug-likeness (QED) is 0.0423. The minimum Gasteiger partial charge on any atom is -0.463 e. The van der Waals surface area contributed by atoms with Crippen molar-refractivity contribution in [3.05, 3.63) is 103 Å². The molecule has 3 rings (SSSR count). The molecule has 0 amide bonds. The predicted molar refractivity (Wildman–Crippen MR) is 179 cm³/mol. The van der Waals surface area contributed by atoms with E-state index in [4.69, 9.17) is 37.9 Å². The number of unbranched alkanes of at least 4 members (excludes halogenated alkanes) is 2. The Morgan fingerprint density at radius 3 is 1.76 bits per heavy atom. The molecular weight excluding hydrogens is 668 g/mol. The largest absolute Gasteiger partial charge is 0.513 e. The van der Waals surface area contributed by atoms with Gasteiger partial charge in [0.15, 0.2) is 0 Å². The number of aryl methyl sites for hydroxylation is 1. The molecule has 2 aromatic carbocycles. The molecule has 0 N–H and O–H groups in total. The smallest absolute Gasteiger partial charge is 0.463 e. The molecule has 0 aromatic heterocycles. The van der Waals surface area contributed by atoms with Gasteiger partial charge in [-0.25, -0.2) is 24.0 Å². The van der Waals surface area contributed by atoms with E-state index in [0.717, 1.165) is 12.2 Å². The lowest BCUT2D eigenvalue weighted by molar-refractivity contribution is -0.138. The molecule has 14 nitrogen and oxygen atoms in total. The van der Waals surface area contributed by atoms with Crippen molar-refractivity contribution in [2.45, 2.75) is 39.0 Å². The minimum absolute atomic E-state index is 0.0692. The fourth-order valence-corrected chi connectivity index (χ4v) is 4.09. The maximum absolute atomic E-state index is 12.7. The van der Waals surface area contributed by atoms with Crippen LogP contribution in [0, 0.1) is 12.8 Å². The number of hydrogen-bond donors (Lipinski definition) is 0. The molecule has 2 aromatic rings. The summed E-state index contributed by atoms with van der Waals surface area (Å²) in [4.78, 5) is 71.2. The van der Waals surface area contributed by atoms with E-state index in [2.05, 4.69) is 13.2 Å². The van der Waals surface area contributed by atoms with Crippen LogP contribution < -0.4 is 14.2 Å². The van der Waals surface area contributed by atoms with Gasteiger partial charge in [-0.3, -0.25) is 4.79 Å². The van der Waals surface area contributed by atoms with Gasteiger partial charge in [0.05, 0.1) is 37.9 Å². The van der Waals surface area contributed by atoms with Gasteiger partial charge in [-0.2, -0.15) is 0 Å². The third kappa shape index (κ3) is 14.5. The lowest BCUT2D eigenvalue weighted by atomic mass is 10.0. The van der Waals surface area contributed by atoms with Gasteiger partial charge in [-0.15, -0.1) is 0 Å². The Morgan fingerprint density at radius 2 is 1.24 bits per heavy atom. The van der Waals surface area contributed by atoms with Gasteiger partial charge < -0.3 is 37.9 Å². The SMILES string of the molecule is C=CC(=O)OCCCCOC(=O)OC1=CCC(C(=O)Oc2ccc(OC(=O)c3ccc(OC(=O)OCCCCOC(=O)C=C)cc3)c(C)c2)C=C1. The van der Waals surface area contributed by atoms with E-state index in [0.29, 0.717) is 31.2 Å². The second kappa shape index (κ2) is 21.0. The lowest BCUT2D eigenvalue weighted by Gasteiger charge is -2.16. The van der Waals surface area contributed by atoms with Crippen molar-refractivity contribution in [2.24, 2.45) is 5.92 Å². The van der Waals surface area contributed by atoms with Crippen molar-refractivity contribution in [3.63, 3.8) is 0 Å². The van der Waals surface area contributed by atoms with Gasteiger partial charge >= 0.3 is 36.2 Å². The zero-order chi connectivity index (χ0) is 37.0. The molecule has 0 fully saturated rings. The van der Waals surface area contributed by atoms with E-state index in [1.807, 2.05) is 0 Å². The van der Waals surface area contributed by atoms with Gasteiger partial charge in [-0.1, -0.05) is 19.2 Å². The van der Waals surface area contributed by atoms with Crippen LogP contribution in [0.15, 0.2) is 91.8 Å². The molecule has 0 bridgehead atoms. The van der Waals surface area contributed by atoms with E-state index in [1.165, 1.54) is 42.5 Å². The van der Waals surface area contributed by atoms with Crippen LogP contribution in [0.25, 0.3) is 0 Å². The molecule has 51 heavy (non-hydrogen) atoms. The van der Waals surface area contributed by atoms with E-state index >= 15 is 0 Å². The number of rotatable bonds is 18. The monoisotopic (exact) mass is 706 g/mol. The van der Waals surface area contributed by atoms with Crippen molar-refractivity contribution < 1.29 is 66.7 Å². The van der Waals surface area contributed by atoms with Crippen LogP contribution in [0.5, 0.6) is 17.2 Å². The van der Waals surface area contributed by atoms with Crippen molar-refractivity contribution >= 4 is 36.2 Å². The van der Waals surface area contributed by atoms with Crippen molar-refractivity contribution in [1.29, 1.82) is 0 Å². The van der Waals surface area contributed by atoms with E-state index in [9.17, 15) is 28.8 Å². The zero-order valence-corrected chi connectivity index (χ0v) is 28.0. The second-order valence-corrected chi connectivity index (χ2v) is 10.6. The topological polar surface area (TPSA) is 176 Å². The average Bonchev–Trinajstić information content (AvgIpc) is 3.12.